The molecule has 27 heavy (non-hydrogen) atoms. The summed E-state index contributed by atoms with van der Waals surface area (Å²) in [6.45, 7) is 3.52. The van der Waals surface area contributed by atoms with E-state index in [9.17, 15) is 21.6 Å². The lowest BCUT2D eigenvalue weighted by atomic mass is 10.1. The fourth-order valence-corrected chi connectivity index (χ4v) is 5.23. The predicted molar refractivity (Wildman–Crippen MR) is 104 cm³/mol. The number of aryl methyl sites for hydroxylation is 1. The SMILES string of the molecule is Cc1cc(C(=O)NCc2ccc(S(N)(=O)=O)s2)cc(S(=O)(=O)N(C)C)c1C. The van der Waals surface area contributed by atoms with Gasteiger partial charge in [-0.05, 0) is 49.2 Å². The number of thiophene rings is 1. The summed E-state index contributed by atoms with van der Waals surface area (Å²) in [5, 5.41) is 7.73. The first-order chi connectivity index (χ1) is 12.3. The first kappa shape index (κ1) is 21.5. The highest BCUT2D eigenvalue weighted by Gasteiger charge is 2.23. The van der Waals surface area contributed by atoms with Crippen LogP contribution in [0.5, 0.6) is 0 Å². The van der Waals surface area contributed by atoms with Crippen molar-refractivity contribution in [2.75, 3.05) is 14.1 Å². The van der Waals surface area contributed by atoms with Crippen LogP contribution in [0.1, 0.15) is 26.4 Å². The number of sulfonamides is 2. The van der Waals surface area contributed by atoms with Crippen molar-refractivity contribution >= 4 is 37.3 Å². The summed E-state index contributed by atoms with van der Waals surface area (Å²) < 4.78 is 48.7. The summed E-state index contributed by atoms with van der Waals surface area (Å²) in [6, 6.07) is 5.90. The molecule has 148 valence electrons. The number of nitrogens with one attached hydrogen (secondary N) is 1. The zero-order valence-corrected chi connectivity index (χ0v) is 17.8. The number of benzene rings is 1. The van der Waals surface area contributed by atoms with Crippen molar-refractivity contribution in [3.8, 4) is 0 Å². The van der Waals surface area contributed by atoms with E-state index in [1.807, 2.05) is 0 Å². The van der Waals surface area contributed by atoms with Gasteiger partial charge in [0.05, 0.1) is 11.4 Å². The molecule has 0 fully saturated rings. The smallest absolute Gasteiger partial charge is 0.251 e. The van der Waals surface area contributed by atoms with E-state index in [0.717, 1.165) is 15.6 Å². The molecule has 0 aliphatic carbocycles. The number of amides is 1. The zero-order valence-electron chi connectivity index (χ0n) is 15.3. The lowest BCUT2D eigenvalue weighted by Gasteiger charge is -2.16. The minimum Gasteiger partial charge on any atom is -0.347 e. The van der Waals surface area contributed by atoms with E-state index >= 15 is 0 Å². The van der Waals surface area contributed by atoms with E-state index in [1.165, 1.54) is 26.2 Å². The number of primary sulfonamides is 1. The van der Waals surface area contributed by atoms with Crippen LogP contribution in [-0.2, 0) is 26.6 Å². The summed E-state index contributed by atoms with van der Waals surface area (Å²) in [4.78, 5) is 13.2. The third-order valence-electron chi connectivity index (χ3n) is 3.98. The Morgan fingerprint density at radius 1 is 1.15 bits per heavy atom. The van der Waals surface area contributed by atoms with Crippen LogP contribution in [0, 0.1) is 13.8 Å². The second-order valence-corrected chi connectivity index (χ2v) is 11.2. The maximum atomic E-state index is 12.5. The van der Waals surface area contributed by atoms with Gasteiger partial charge in [-0.15, -0.1) is 11.3 Å². The number of hydrogen-bond acceptors (Lipinski definition) is 6. The summed E-state index contributed by atoms with van der Waals surface area (Å²) in [5.41, 5.74) is 1.47. The first-order valence-electron chi connectivity index (χ1n) is 7.77. The quantitative estimate of drug-likeness (QED) is 0.710. The Morgan fingerprint density at radius 3 is 2.30 bits per heavy atom. The molecular formula is C16H21N3O5S3. The van der Waals surface area contributed by atoms with Crippen LogP contribution < -0.4 is 10.5 Å². The number of rotatable bonds is 6. The van der Waals surface area contributed by atoms with Crippen LogP contribution in [0.25, 0.3) is 0 Å². The van der Waals surface area contributed by atoms with E-state index in [0.29, 0.717) is 16.0 Å². The molecule has 0 saturated heterocycles. The summed E-state index contributed by atoms with van der Waals surface area (Å²) >= 11 is 0.964. The van der Waals surface area contributed by atoms with Crippen LogP contribution in [0.2, 0.25) is 0 Å². The van der Waals surface area contributed by atoms with Gasteiger partial charge in [0.25, 0.3) is 5.91 Å². The van der Waals surface area contributed by atoms with Crippen molar-refractivity contribution in [2.24, 2.45) is 5.14 Å². The molecular weight excluding hydrogens is 410 g/mol. The largest absolute Gasteiger partial charge is 0.347 e. The van der Waals surface area contributed by atoms with Crippen molar-refractivity contribution in [1.82, 2.24) is 9.62 Å². The molecule has 0 atom stereocenters. The summed E-state index contributed by atoms with van der Waals surface area (Å²) in [7, 11) is -4.62. The maximum absolute atomic E-state index is 12.5. The Labute approximate surface area is 163 Å². The molecule has 0 aliphatic heterocycles. The molecule has 8 nitrogen and oxygen atoms in total. The number of carbonyl (C=O) groups excluding carboxylic acids is 1. The van der Waals surface area contributed by atoms with E-state index in [2.05, 4.69) is 5.32 Å². The Bertz CT molecular complexity index is 1090. The van der Waals surface area contributed by atoms with Gasteiger partial charge in [-0.1, -0.05) is 0 Å². The molecule has 0 aliphatic rings. The van der Waals surface area contributed by atoms with Gasteiger partial charge < -0.3 is 5.32 Å². The highest BCUT2D eigenvalue weighted by atomic mass is 32.2. The Hall–Kier alpha value is -1.79. The maximum Gasteiger partial charge on any atom is 0.251 e. The summed E-state index contributed by atoms with van der Waals surface area (Å²) in [5.74, 6) is -0.459. The Morgan fingerprint density at radius 2 is 1.78 bits per heavy atom. The second kappa shape index (κ2) is 7.68. The minimum atomic E-state index is -3.78. The van der Waals surface area contributed by atoms with Crippen molar-refractivity contribution in [1.29, 1.82) is 0 Å². The molecule has 1 amide bonds. The lowest BCUT2D eigenvalue weighted by Crippen LogP contribution is -2.26. The zero-order chi connectivity index (χ0) is 20.6. The van der Waals surface area contributed by atoms with Crippen molar-refractivity contribution in [2.45, 2.75) is 29.5 Å². The molecule has 0 spiro atoms. The lowest BCUT2D eigenvalue weighted by molar-refractivity contribution is 0.0951. The fraction of sp³-hybridized carbons (Fsp3) is 0.312. The molecule has 0 saturated carbocycles. The normalized spacial score (nSPS) is 12.4. The molecule has 1 heterocycles. The standard InChI is InChI=1S/C16H21N3O5S3/c1-10-7-12(8-14(11(10)2)27(23,24)19(3)4)16(20)18-9-13-5-6-15(25-13)26(17,21)22/h5-8H,9H2,1-4H3,(H,18,20)(H2,17,21,22). The van der Waals surface area contributed by atoms with E-state index in [-0.39, 0.29) is 21.2 Å². The molecule has 1 aromatic carbocycles. The molecule has 3 N–H and O–H groups in total. The van der Waals surface area contributed by atoms with Gasteiger partial charge in [0.2, 0.25) is 20.0 Å². The molecule has 0 radical (unpaired) electrons. The van der Waals surface area contributed by atoms with Gasteiger partial charge >= 0.3 is 0 Å². The fourth-order valence-electron chi connectivity index (χ4n) is 2.30. The predicted octanol–water partition coefficient (Wildman–Crippen LogP) is 1.19. The molecule has 2 aromatic rings. The molecule has 11 heteroatoms. The van der Waals surface area contributed by atoms with E-state index < -0.39 is 26.0 Å². The Balaban J connectivity index is 2.27. The monoisotopic (exact) mass is 431 g/mol. The molecule has 2 rings (SSSR count). The van der Waals surface area contributed by atoms with E-state index in [1.54, 1.807) is 26.0 Å². The summed E-state index contributed by atoms with van der Waals surface area (Å²) in [6.07, 6.45) is 0. The Kier molecular flexibility index (Phi) is 6.12. The van der Waals surface area contributed by atoms with Gasteiger partial charge in [-0.2, -0.15) is 0 Å². The van der Waals surface area contributed by atoms with Crippen molar-refractivity contribution in [3.63, 3.8) is 0 Å². The van der Waals surface area contributed by atoms with Crippen LogP contribution >= 0.6 is 11.3 Å². The van der Waals surface area contributed by atoms with Gasteiger partial charge in [-0.25, -0.2) is 26.3 Å². The molecule has 1 aromatic heterocycles. The third-order valence-corrected chi connectivity index (χ3v) is 8.45. The molecule has 0 bridgehead atoms. The van der Waals surface area contributed by atoms with Gasteiger partial charge in [0.1, 0.15) is 4.21 Å². The third kappa shape index (κ3) is 4.74. The first-order valence-corrected chi connectivity index (χ1v) is 11.6. The number of nitrogens with zero attached hydrogens (tertiary/aromatic N) is 1. The van der Waals surface area contributed by atoms with Crippen molar-refractivity contribution < 1.29 is 21.6 Å². The van der Waals surface area contributed by atoms with Crippen LogP contribution in [0.15, 0.2) is 33.4 Å². The van der Waals surface area contributed by atoms with Gasteiger partial charge in [0.15, 0.2) is 0 Å². The minimum absolute atomic E-state index is 0.0114. The van der Waals surface area contributed by atoms with Gasteiger partial charge in [0, 0.05) is 24.5 Å². The van der Waals surface area contributed by atoms with Crippen LogP contribution in [0.4, 0.5) is 0 Å². The molecule has 0 unspecified atom stereocenters. The second-order valence-electron chi connectivity index (χ2n) is 6.15. The highest BCUT2D eigenvalue weighted by molar-refractivity contribution is 7.91. The van der Waals surface area contributed by atoms with E-state index in [4.69, 9.17) is 5.14 Å². The number of hydrogen-bond donors (Lipinski definition) is 2. The highest BCUT2D eigenvalue weighted by Crippen LogP contribution is 2.24. The number of carbonyl (C=O) groups is 1. The average molecular weight is 432 g/mol. The van der Waals surface area contributed by atoms with Crippen molar-refractivity contribution in [3.05, 3.63) is 45.8 Å². The topological polar surface area (TPSA) is 127 Å². The van der Waals surface area contributed by atoms with Gasteiger partial charge in [-0.3, -0.25) is 4.79 Å². The van der Waals surface area contributed by atoms with Crippen LogP contribution in [0.3, 0.4) is 0 Å². The number of nitrogens with two attached hydrogens (primary N) is 1. The van der Waals surface area contributed by atoms with Crippen LogP contribution in [-0.4, -0.2) is 41.1 Å². The average Bonchev–Trinajstić information content (AvgIpc) is 3.03.